The number of carbonyl (C=O) groups is 2. The van der Waals surface area contributed by atoms with Gasteiger partial charge in [0.15, 0.2) is 0 Å². The number of likely N-dealkylation sites (tertiary alicyclic amines) is 1. The van der Waals surface area contributed by atoms with Crippen LogP contribution in [-0.2, 0) is 0 Å². The monoisotopic (exact) mass is 407 g/mol. The first kappa shape index (κ1) is 20.4. The molecule has 0 radical (unpaired) electrons. The number of rotatable bonds is 4. The van der Waals surface area contributed by atoms with Crippen molar-refractivity contribution in [3.63, 3.8) is 0 Å². The van der Waals surface area contributed by atoms with Crippen LogP contribution in [0.5, 0.6) is 0 Å². The maximum Gasteiger partial charge on any atom is 0.257 e. The Hall–Kier alpha value is -2.83. The number of nitrogens with one attached hydrogen (secondary N) is 1. The number of amides is 2. The molecule has 2 aliphatic rings. The van der Waals surface area contributed by atoms with Gasteiger partial charge in [0.1, 0.15) is 5.82 Å². The molecule has 2 amide bonds. The van der Waals surface area contributed by atoms with Gasteiger partial charge in [-0.15, -0.1) is 0 Å². The molecule has 2 aromatic heterocycles. The molecular weight excluding hydrogens is 378 g/mol. The van der Waals surface area contributed by atoms with Crippen LogP contribution in [-0.4, -0.2) is 50.8 Å². The molecule has 158 valence electrons. The number of piperidine rings is 1. The Morgan fingerprint density at radius 1 is 1.00 bits per heavy atom. The summed E-state index contributed by atoms with van der Waals surface area (Å²) in [6.07, 6.45) is 9.56. The van der Waals surface area contributed by atoms with Crippen LogP contribution in [0.3, 0.4) is 0 Å². The SMILES string of the molecule is Cc1ncc(C(=O)N2CCC(c3ccc(C(=O)NC4CCCC4)cn3)CC2)c(C)n1. The Morgan fingerprint density at radius 3 is 2.37 bits per heavy atom. The van der Waals surface area contributed by atoms with E-state index in [9.17, 15) is 9.59 Å². The molecule has 1 saturated heterocycles. The molecule has 7 nitrogen and oxygen atoms in total. The number of hydrogen-bond donors (Lipinski definition) is 1. The first-order chi connectivity index (χ1) is 14.5. The van der Waals surface area contributed by atoms with Crippen molar-refractivity contribution in [1.82, 2.24) is 25.2 Å². The summed E-state index contributed by atoms with van der Waals surface area (Å²) in [4.78, 5) is 40.1. The van der Waals surface area contributed by atoms with Gasteiger partial charge in [-0.1, -0.05) is 12.8 Å². The highest BCUT2D eigenvalue weighted by atomic mass is 16.2. The van der Waals surface area contributed by atoms with E-state index in [0.29, 0.717) is 42.0 Å². The average molecular weight is 408 g/mol. The smallest absolute Gasteiger partial charge is 0.257 e. The lowest BCUT2D eigenvalue weighted by atomic mass is 9.92. The second-order valence-corrected chi connectivity index (χ2v) is 8.41. The average Bonchev–Trinajstić information content (AvgIpc) is 3.26. The lowest BCUT2D eigenvalue weighted by molar-refractivity contribution is 0.0710. The van der Waals surface area contributed by atoms with E-state index < -0.39 is 0 Å². The van der Waals surface area contributed by atoms with Crippen LogP contribution in [0, 0.1) is 13.8 Å². The van der Waals surface area contributed by atoms with Crippen molar-refractivity contribution in [1.29, 1.82) is 0 Å². The van der Waals surface area contributed by atoms with E-state index in [0.717, 1.165) is 37.1 Å². The largest absolute Gasteiger partial charge is 0.349 e. The predicted molar refractivity (Wildman–Crippen MR) is 113 cm³/mol. The Morgan fingerprint density at radius 2 is 1.73 bits per heavy atom. The molecule has 1 aliphatic heterocycles. The predicted octanol–water partition coefficient (Wildman–Crippen LogP) is 3.18. The molecule has 0 aromatic carbocycles. The van der Waals surface area contributed by atoms with Crippen molar-refractivity contribution in [2.24, 2.45) is 0 Å². The standard InChI is InChI=1S/C23H29N5O2/c1-15-20(14-24-16(2)26-15)23(30)28-11-9-17(10-12-28)21-8-7-18(13-25-21)22(29)27-19-5-3-4-6-19/h7-8,13-14,17,19H,3-6,9-12H2,1-2H3,(H,27,29). The van der Waals surface area contributed by atoms with E-state index in [1.165, 1.54) is 12.8 Å². The molecule has 30 heavy (non-hydrogen) atoms. The zero-order valence-corrected chi connectivity index (χ0v) is 17.7. The number of aryl methyl sites for hydroxylation is 2. The van der Waals surface area contributed by atoms with Crippen molar-refractivity contribution < 1.29 is 9.59 Å². The van der Waals surface area contributed by atoms with E-state index in [1.807, 2.05) is 30.9 Å². The minimum atomic E-state index is -0.0305. The summed E-state index contributed by atoms with van der Waals surface area (Å²) >= 11 is 0. The summed E-state index contributed by atoms with van der Waals surface area (Å²) in [6, 6.07) is 4.14. The molecule has 0 bridgehead atoms. The highest BCUT2D eigenvalue weighted by Crippen LogP contribution is 2.28. The number of nitrogens with zero attached hydrogens (tertiary/aromatic N) is 4. The molecule has 0 unspecified atom stereocenters. The molecular formula is C23H29N5O2. The van der Waals surface area contributed by atoms with Gasteiger partial charge in [0, 0.05) is 43.1 Å². The molecule has 0 atom stereocenters. The van der Waals surface area contributed by atoms with Gasteiger partial charge >= 0.3 is 0 Å². The lowest BCUT2D eigenvalue weighted by Gasteiger charge is -2.32. The third-order valence-electron chi connectivity index (χ3n) is 6.27. The van der Waals surface area contributed by atoms with Crippen LogP contribution in [0.25, 0.3) is 0 Å². The van der Waals surface area contributed by atoms with Crippen molar-refractivity contribution in [2.45, 2.75) is 64.3 Å². The van der Waals surface area contributed by atoms with Crippen molar-refractivity contribution in [3.8, 4) is 0 Å². The van der Waals surface area contributed by atoms with Crippen LogP contribution < -0.4 is 5.32 Å². The molecule has 1 saturated carbocycles. The summed E-state index contributed by atoms with van der Waals surface area (Å²) < 4.78 is 0. The Labute approximate surface area is 177 Å². The highest BCUT2D eigenvalue weighted by Gasteiger charge is 2.27. The maximum absolute atomic E-state index is 12.8. The van der Waals surface area contributed by atoms with Gasteiger partial charge in [-0.05, 0) is 51.7 Å². The summed E-state index contributed by atoms with van der Waals surface area (Å²) in [5.74, 6) is 0.945. The van der Waals surface area contributed by atoms with Crippen molar-refractivity contribution in [3.05, 3.63) is 52.9 Å². The summed E-state index contributed by atoms with van der Waals surface area (Å²) in [6.45, 7) is 5.04. The topological polar surface area (TPSA) is 88.1 Å². The fraction of sp³-hybridized carbons (Fsp3) is 0.522. The maximum atomic E-state index is 12.8. The minimum Gasteiger partial charge on any atom is -0.349 e. The zero-order valence-electron chi connectivity index (χ0n) is 17.7. The quantitative estimate of drug-likeness (QED) is 0.841. The first-order valence-electron chi connectivity index (χ1n) is 10.9. The molecule has 4 rings (SSSR count). The fourth-order valence-electron chi connectivity index (χ4n) is 4.46. The number of hydrogen-bond acceptors (Lipinski definition) is 5. The van der Waals surface area contributed by atoms with Gasteiger partial charge < -0.3 is 10.2 Å². The summed E-state index contributed by atoms with van der Waals surface area (Å²) in [5, 5.41) is 3.10. The van der Waals surface area contributed by atoms with E-state index in [4.69, 9.17) is 0 Å². The van der Waals surface area contributed by atoms with Crippen LogP contribution >= 0.6 is 0 Å². The van der Waals surface area contributed by atoms with Crippen molar-refractivity contribution >= 4 is 11.8 Å². The Kier molecular flexibility index (Phi) is 6.06. The molecule has 1 N–H and O–H groups in total. The van der Waals surface area contributed by atoms with Gasteiger partial charge in [0.25, 0.3) is 11.8 Å². The van der Waals surface area contributed by atoms with E-state index in [1.54, 1.807) is 12.4 Å². The van der Waals surface area contributed by atoms with Crippen LogP contribution in [0.2, 0.25) is 0 Å². The molecule has 0 spiro atoms. The van der Waals surface area contributed by atoms with E-state index in [2.05, 4.69) is 20.3 Å². The van der Waals surface area contributed by atoms with Gasteiger partial charge in [-0.2, -0.15) is 0 Å². The second kappa shape index (κ2) is 8.90. The van der Waals surface area contributed by atoms with Crippen LogP contribution in [0.4, 0.5) is 0 Å². The Balaban J connectivity index is 1.33. The fourth-order valence-corrected chi connectivity index (χ4v) is 4.46. The normalized spacial score (nSPS) is 17.9. The van der Waals surface area contributed by atoms with Gasteiger partial charge in [0.2, 0.25) is 0 Å². The molecule has 3 heterocycles. The van der Waals surface area contributed by atoms with E-state index >= 15 is 0 Å². The summed E-state index contributed by atoms with van der Waals surface area (Å²) in [7, 11) is 0. The second-order valence-electron chi connectivity index (χ2n) is 8.41. The third-order valence-corrected chi connectivity index (χ3v) is 6.27. The first-order valence-corrected chi connectivity index (χ1v) is 10.9. The van der Waals surface area contributed by atoms with Crippen LogP contribution in [0.1, 0.15) is 82.4 Å². The molecule has 2 aromatic rings. The zero-order chi connectivity index (χ0) is 21.1. The molecule has 1 aliphatic carbocycles. The van der Waals surface area contributed by atoms with Gasteiger partial charge in [-0.25, -0.2) is 9.97 Å². The van der Waals surface area contributed by atoms with Crippen LogP contribution in [0.15, 0.2) is 24.5 Å². The number of pyridine rings is 1. The molecule has 7 heteroatoms. The van der Waals surface area contributed by atoms with E-state index in [-0.39, 0.29) is 11.8 Å². The number of aromatic nitrogens is 3. The highest BCUT2D eigenvalue weighted by molar-refractivity contribution is 5.95. The van der Waals surface area contributed by atoms with Crippen molar-refractivity contribution in [2.75, 3.05) is 13.1 Å². The lowest BCUT2D eigenvalue weighted by Crippen LogP contribution is -2.38. The van der Waals surface area contributed by atoms with Gasteiger partial charge in [0.05, 0.1) is 16.8 Å². The Bertz CT molecular complexity index is 914. The van der Waals surface area contributed by atoms with Gasteiger partial charge in [-0.3, -0.25) is 14.6 Å². The minimum absolute atomic E-state index is 0.00200. The molecule has 2 fully saturated rings. The summed E-state index contributed by atoms with van der Waals surface area (Å²) in [5.41, 5.74) is 2.92. The third kappa shape index (κ3) is 4.50. The number of carbonyl (C=O) groups excluding carboxylic acids is 2.